The molecule has 2 aliphatic heterocycles. The number of carboxylic acids is 1. The van der Waals surface area contributed by atoms with Gasteiger partial charge in [0.15, 0.2) is 5.82 Å². The zero-order valence-electron chi connectivity index (χ0n) is 19.9. The summed E-state index contributed by atoms with van der Waals surface area (Å²) in [4.78, 5) is 38.1. The Bertz CT molecular complexity index is 1360. The third kappa shape index (κ3) is 3.84. The first-order valence-electron chi connectivity index (χ1n) is 11.8. The minimum Gasteiger partial charge on any atom is -0.477 e. The van der Waals surface area contributed by atoms with Gasteiger partial charge in [-0.15, -0.1) is 0 Å². The van der Waals surface area contributed by atoms with E-state index in [1.54, 1.807) is 20.8 Å². The molecule has 2 N–H and O–H groups in total. The van der Waals surface area contributed by atoms with Crippen LogP contribution in [0.3, 0.4) is 0 Å². The van der Waals surface area contributed by atoms with Gasteiger partial charge in [0.2, 0.25) is 16.9 Å². The molecule has 2 fully saturated rings. The summed E-state index contributed by atoms with van der Waals surface area (Å²) in [7, 11) is 0. The summed E-state index contributed by atoms with van der Waals surface area (Å²) in [6, 6.07) is 0.422. The Hall–Kier alpha value is -3.11. The highest BCUT2D eigenvalue weighted by molar-refractivity contribution is 5.95. The number of hydrogen-bond donors (Lipinski definition) is 2. The van der Waals surface area contributed by atoms with Crippen LogP contribution in [0.5, 0.6) is 0 Å². The van der Waals surface area contributed by atoms with Crippen LogP contribution in [-0.2, 0) is 4.74 Å². The number of nitrogens with zero attached hydrogens (tertiary/aromatic N) is 2. The van der Waals surface area contributed by atoms with Crippen LogP contribution in [0.1, 0.15) is 56.4 Å². The van der Waals surface area contributed by atoms with Crippen LogP contribution < -0.4 is 15.2 Å². The molecule has 0 bridgehead atoms. The fourth-order valence-electron chi connectivity index (χ4n) is 5.20. The predicted molar refractivity (Wildman–Crippen MR) is 126 cm³/mol. The van der Waals surface area contributed by atoms with Gasteiger partial charge in [-0.2, -0.15) is 13.7 Å². The molecule has 1 amide bonds. The number of likely N-dealkylation sites (tertiary alicyclic amines) is 1. The van der Waals surface area contributed by atoms with Crippen molar-refractivity contribution in [3.05, 3.63) is 51.3 Å². The van der Waals surface area contributed by atoms with Gasteiger partial charge in [0, 0.05) is 17.8 Å². The molecule has 1 aromatic carbocycles. The molecule has 186 valence electrons. The molecular weight excluding hydrogens is 460 g/mol. The molecule has 1 saturated carbocycles. The molecule has 0 spiro atoms. The van der Waals surface area contributed by atoms with E-state index in [1.807, 2.05) is 6.08 Å². The molecule has 8 nitrogen and oxygen atoms in total. The highest BCUT2D eigenvalue weighted by Gasteiger charge is 2.55. The van der Waals surface area contributed by atoms with Crippen LogP contribution in [0.2, 0.25) is 0 Å². The van der Waals surface area contributed by atoms with Crippen molar-refractivity contribution in [2.24, 2.45) is 0 Å². The van der Waals surface area contributed by atoms with Gasteiger partial charge in [-0.05, 0) is 52.6 Å². The minimum absolute atomic E-state index is 0.0345. The smallest absolute Gasteiger partial charge is 0.477 e. The quantitative estimate of drug-likeness (QED) is 0.503. The number of aromatic carboxylic acids is 1. The van der Waals surface area contributed by atoms with E-state index in [-0.39, 0.29) is 36.1 Å². The summed E-state index contributed by atoms with van der Waals surface area (Å²) in [6.45, 7) is 5.84. The van der Waals surface area contributed by atoms with Gasteiger partial charge in [-0.1, -0.05) is 6.08 Å². The van der Waals surface area contributed by atoms with Gasteiger partial charge >= 0.3 is 12.1 Å². The molecule has 0 radical (unpaired) electrons. The Morgan fingerprint density at radius 1 is 1.26 bits per heavy atom. The molecule has 35 heavy (non-hydrogen) atoms. The van der Waals surface area contributed by atoms with Gasteiger partial charge in [0.25, 0.3) is 0 Å². The monoisotopic (exact) mass is 488 g/mol. The molecule has 2 unspecified atom stereocenters. The van der Waals surface area contributed by atoms with E-state index in [4.69, 9.17) is 4.74 Å². The van der Waals surface area contributed by atoms with Crippen molar-refractivity contribution in [3.63, 3.8) is 0 Å². The van der Waals surface area contributed by atoms with E-state index in [9.17, 15) is 19.5 Å². The summed E-state index contributed by atoms with van der Waals surface area (Å²) < 4.78 is 38.6. The fraction of sp³-hybridized carbons (Fsp3) is 0.480. The summed E-state index contributed by atoms with van der Waals surface area (Å²) >= 11 is 0. The first-order valence-corrected chi connectivity index (χ1v) is 11.8. The predicted octanol–water partition coefficient (Wildman–Crippen LogP) is 3.86. The number of benzene rings is 1. The molecule has 3 heterocycles. The number of nitrogens with one attached hydrogen (secondary N) is 1. The Labute approximate surface area is 200 Å². The normalized spacial score (nSPS) is 24.3. The van der Waals surface area contributed by atoms with Gasteiger partial charge in [0.05, 0.1) is 16.9 Å². The lowest BCUT2D eigenvalue weighted by molar-refractivity contribution is 0.0294. The Kier molecular flexibility index (Phi) is 5.37. The Morgan fingerprint density at radius 2 is 1.97 bits per heavy atom. The number of pyridine rings is 1. The van der Waals surface area contributed by atoms with Crippen molar-refractivity contribution in [1.29, 1.82) is 0 Å². The van der Waals surface area contributed by atoms with Crippen molar-refractivity contribution in [3.8, 4) is 0 Å². The maximum Gasteiger partial charge on any atom is 0.522 e. The van der Waals surface area contributed by atoms with Gasteiger partial charge in [-0.3, -0.25) is 4.79 Å². The molecule has 2 atom stereocenters. The number of amides is 1. The van der Waals surface area contributed by atoms with E-state index < -0.39 is 50.5 Å². The van der Waals surface area contributed by atoms with Gasteiger partial charge in [-0.25, -0.2) is 9.18 Å². The van der Waals surface area contributed by atoms with Gasteiger partial charge in [0.1, 0.15) is 24.3 Å². The van der Waals surface area contributed by atoms with Crippen LogP contribution in [0, 0.1) is 11.6 Å². The zero-order chi connectivity index (χ0) is 25.3. The molecule has 1 aliphatic carbocycles. The first-order chi connectivity index (χ1) is 16.4. The van der Waals surface area contributed by atoms with Crippen LogP contribution in [0.25, 0.3) is 10.9 Å². The van der Waals surface area contributed by atoms with Crippen LogP contribution >= 0.6 is 0 Å². The maximum absolute atomic E-state index is 16.4. The van der Waals surface area contributed by atoms with E-state index in [2.05, 4.69) is 5.32 Å². The second-order valence-electron chi connectivity index (χ2n) is 10.6. The highest BCUT2D eigenvalue weighted by Crippen LogP contribution is 2.43. The largest absolute Gasteiger partial charge is 0.522 e. The second kappa shape index (κ2) is 7.96. The maximum atomic E-state index is 16.4. The number of hydrogen-bond acceptors (Lipinski definition) is 5. The van der Waals surface area contributed by atoms with Crippen molar-refractivity contribution in [2.75, 3.05) is 19.6 Å². The number of aromatic nitrogens is 1. The average molecular weight is 489 g/mol. The number of carbonyl (C=O) groups is 2. The molecule has 2 aromatic rings. The zero-order valence-corrected chi connectivity index (χ0v) is 19.9. The van der Waals surface area contributed by atoms with E-state index >= 15 is 8.78 Å². The molecule has 3 aliphatic rings. The number of carboxylic acid groups (broad SMARTS) is 1. The Morgan fingerprint density at radius 3 is 2.57 bits per heavy atom. The summed E-state index contributed by atoms with van der Waals surface area (Å²) in [5, 5.41) is 12.4. The molecular formula is C25H28F2N3O5+. The summed E-state index contributed by atoms with van der Waals surface area (Å²) in [5.74, 6) is -3.58. The third-order valence-corrected chi connectivity index (χ3v) is 6.86. The SMILES string of the molecule is CC(C)(C)OC(=O)[N+]1(c2c(F)cc3c(=O)c(C(=O)O)cn(C4CC4)c3c2F)CC2=CCCNC2C1. The number of quaternary nitrogens is 1. The topological polar surface area (TPSA) is 97.6 Å². The molecule has 1 aromatic heterocycles. The van der Waals surface area contributed by atoms with Crippen molar-refractivity contribution in [1.82, 2.24) is 14.4 Å². The Balaban J connectivity index is 1.80. The number of halogens is 2. The van der Waals surface area contributed by atoms with E-state index in [0.29, 0.717) is 19.4 Å². The van der Waals surface area contributed by atoms with Crippen LogP contribution in [0.15, 0.2) is 28.7 Å². The standard InChI is InChI=1S/C25H27F2N3O5/c1-25(2,3)35-24(34)30(11-13-5-4-8-28-18(13)12-30)21-17(26)9-15-20(19(21)27)29(14-6-7-14)10-16(22(15)31)23(32)33/h5,9-10,14,18,28H,4,6-8,11-12H2,1-3H3/p+1. The van der Waals surface area contributed by atoms with Crippen molar-refractivity contribution in [2.45, 2.75) is 57.7 Å². The number of fused-ring (bicyclic) bond motifs is 2. The first kappa shape index (κ1) is 23.6. The number of ether oxygens (including phenoxy) is 1. The van der Waals surface area contributed by atoms with E-state index in [0.717, 1.165) is 24.3 Å². The third-order valence-electron chi connectivity index (χ3n) is 6.86. The lowest BCUT2D eigenvalue weighted by Crippen LogP contribution is -2.56. The minimum atomic E-state index is -1.46. The lowest BCUT2D eigenvalue weighted by Gasteiger charge is -2.33. The van der Waals surface area contributed by atoms with Crippen molar-refractivity contribution >= 4 is 28.7 Å². The average Bonchev–Trinajstić information content (AvgIpc) is 3.52. The highest BCUT2D eigenvalue weighted by atomic mass is 19.1. The summed E-state index contributed by atoms with van der Waals surface area (Å²) in [6.07, 6.45) is 4.42. The van der Waals surface area contributed by atoms with Crippen LogP contribution in [0.4, 0.5) is 19.3 Å². The molecule has 10 heteroatoms. The van der Waals surface area contributed by atoms with E-state index in [1.165, 1.54) is 4.57 Å². The van der Waals surface area contributed by atoms with Crippen molar-refractivity contribution < 1.29 is 28.2 Å². The summed E-state index contributed by atoms with van der Waals surface area (Å²) in [5.41, 5.74) is -2.20. The van der Waals surface area contributed by atoms with Crippen LogP contribution in [-0.4, -0.2) is 53.0 Å². The second-order valence-corrected chi connectivity index (χ2v) is 10.6. The number of rotatable bonds is 3. The fourth-order valence-corrected chi connectivity index (χ4v) is 5.20. The molecule has 1 saturated heterocycles. The van der Waals surface area contributed by atoms with Gasteiger partial charge < -0.3 is 19.7 Å². The lowest BCUT2D eigenvalue weighted by atomic mass is 10.1. The number of carbonyl (C=O) groups excluding carboxylic acids is 1. The molecule has 5 rings (SSSR count).